The fourth-order valence-electron chi connectivity index (χ4n) is 0.348. The van der Waals surface area contributed by atoms with E-state index >= 15 is 0 Å². The van der Waals surface area contributed by atoms with Gasteiger partial charge in [-0.1, -0.05) is 0 Å². The van der Waals surface area contributed by atoms with Crippen molar-refractivity contribution in [2.45, 2.75) is 0 Å². The molecule has 11 heavy (non-hydrogen) atoms. The van der Waals surface area contributed by atoms with Crippen molar-refractivity contribution in [3.8, 4) is 0 Å². The maximum absolute atomic E-state index is 10.8. The maximum Gasteiger partial charge on any atom is 0.270 e. The molecule has 0 aliphatic carbocycles. The standard InChI is InChI=1S/C6H10N2O3/c1-8(11-2)6(10)4-3-5(7)9/h3-4H,1-2H3,(H2,7,9)/b4-3+. The predicted molar refractivity (Wildman–Crippen MR) is 38.1 cm³/mol. The number of hydrogen-bond donors (Lipinski definition) is 1. The van der Waals surface area contributed by atoms with Crippen LogP contribution in [0.5, 0.6) is 0 Å². The molecule has 0 heterocycles. The molecule has 0 aliphatic heterocycles. The molecule has 0 saturated carbocycles. The van der Waals surface area contributed by atoms with Gasteiger partial charge in [-0.2, -0.15) is 0 Å². The van der Waals surface area contributed by atoms with E-state index in [4.69, 9.17) is 5.73 Å². The number of nitrogens with zero attached hydrogens (tertiary/aromatic N) is 1. The summed E-state index contributed by atoms with van der Waals surface area (Å²) in [4.78, 5) is 25.4. The zero-order chi connectivity index (χ0) is 8.85. The Kier molecular flexibility index (Phi) is 3.90. The molecule has 0 aromatic carbocycles. The molecule has 0 aromatic rings. The van der Waals surface area contributed by atoms with Crippen LogP contribution in [0.15, 0.2) is 12.2 Å². The molecule has 5 heteroatoms. The molecule has 0 fully saturated rings. The van der Waals surface area contributed by atoms with E-state index in [1.165, 1.54) is 14.2 Å². The Morgan fingerprint density at radius 2 is 2.00 bits per heavy atom. The Morgan fingerprint density at radius 3 is 2.36 bits per heavy atom. The summed E-state index contributed by atoms with van der Waals surface area (Å²) in [6.07, 6.45) is 2.00. The van der Waals surface area contributed by atoms with Gasteiger partial charge in [0, 0.05) is 19.2 Å². The Bertz CT molecular complexity index is 188. The van der Waals surface area contributed by atoms with E-state index < -0.39 is 11.8 Å². The van der Waals surface area contributed by atoms with Crippen molar-refractivity contribution >= 4 is 11.8 Å². The van der Waals surface area contributed by atoms with Crippen molar-refractivity contribution in [1.82, 2.24) is 5.06 Å². The van der Waals surface area contributed by atoms with Crippen LogP contribution in [-0.4, -0.2) is 31.0 Å². The number of rotatable bonds is 3. The Labute approximate surface area is 64.4 Å². The van der Waals surface area contributed by atoms with E-state index in [-0.39, 0.29) is 0 Å². The van der Waals surface area contributed by atoms with Gasteiger partial charge >= 0.3 is 0 Å². The average Bonchev–Trinajstić information content (AvgIpc) is 1.98. The first-order valence-corrected chi connectivity index (χ1v) is 2.87. The Balaban J connectivity index is 3.96. The molecular formula is C6H10N2O3. The molecule has 5 nitrogen and oxygen atoms in total. The largest absolute Gasteiger partial charge is 0.366 e. The van der Waals surface area contributed by atoms with Crippen LogP contribution in [0.1, 0.15) is 0 Å². The highest BCUT2D eigenvalue weighted by atomic mass is 16.7. The summed E-state index contributed by atoms with van der Waals surface area (Å²) in [5, 5.41) is 0.972. The number of likely N-dealkylation sites (N-methyl/N-ethyl adjacent to an activating group) is 1. The van der Waals surface area contributed by atoms with Crippen LogP contribution in [0.3, 0.4) is 0 Å². The minimum atomic E-state index is -0.664. The fourth-order valence-corrected chi connectivity index (χ4v) is 0.348. The number of primary amides is 1. The zero-order valence-electron chi connectivity index (χ0n) is 6.40. The quantitative estimate of drug-likeness (QED) is 0.425. The van der Waals surface area contributed by atoms with Crippen LogP contribution < -0.4 is 5.73 Å². The number of nitrogens with two attached hydrogens (primary N) is 1. The van der Waals surface area contributed by atoms with Crippen LogP contribution in [0.4, 0.5) is 0 Å². The molecule has 0 aliphatic rings. The van der Waals surface area contributed by atoms with Crippen LogP contribution in [0, 0.1) is 0 Å². The lowest BCUT2D eigenvalue weighted by molar-refractivity contribution is -0.162. The summed E-state index contributed by atoms with van der Waals surface area (Å²) in [5.41, 5.74) is 4.75. The minimum absolute atomic E-state index is 0.439. The van der Waals surface area contributed by atoms with Crippen molar-refractivity contribution in [2.75, 3.05) is 14.2 Å². The molecule has 0 saturated heterocycles. The highest BCUT2D eigenvalue weighted by molar-refractivity contribution is 5.95. The first-order chi connectivity index (χ1) is 5.07. The van der Waals surface area contributed by atoms with Crippen molar-refractivity contribution < 1.29 is 14.4 Å². The van der Waals surface area contributed by atoms with Gasteiger partial charge in [0.05, 0.1) is 7.11 Å². The van der Waals surface area contributed by atoms with Gasteiger partial charge < -0.3 is 5.73 Å². The van der Waals surface area contributed by atoms with E-state index in [1.54, 1.807) is 0 Å². The lowest BCUT2D eigenvalue weighted by Gasteiger charge is -2.09. The summed E-state index contributed by atoms with van der Waals surface area (Å²) < 4.78 is 0. The third-order valence-electron chi connectivity index (χ3n) is 0.974. The fraction of sp³-hybridized carbons (Fsp3) is 0.333. The molecule has 2 N–H and O–H groups in total. The monoisotopic (exact) mass is 158 g/mol. The summed E-state index contributed by atoms with van der Waals surface area (Å²) in [6.45, 7) is 0. The second kappa shape index (κ2) is 4.45. The first kappa shape index (κ1) is 9.64. The number of amides is 2. The molecule has 0 radical (unpaired) electrons. The summed E-state index contributed by atoms with van der Waals surface area (Å²) >= 11 is 0. The van der Waals surface area contributed by atoms with E-state index in [2.05, 4.69) is 4.84 Å². The van der Waals surface area contributed by atoms with Gasteiger partial charge in [-0.15, -0.1) is 0 Å². The van der Waals surface area contributed by atoms with Crippen molar-refractivity contribution in [3.63, 3.8) is 0 Å². The first-order valence-electron chi connectivity index (χ1n) is 2.87. The van der Waals surface area contributed by atoms with Gasteiger partial charge in [0.2, 0.25) is 5.91 Å². The number of carbonyl (C=O) groups is 2. The van der Waals surface area contributed by atoms with Gasteiger partial charge in [0.25, 0.3) is 5.91 Å². The van der Waals surface area contributed by atoms with Crippen LogP contribution in [-0.2, 0) is 14.4 Å². The molecule has 0 bridgehead atoms. The highest BCUT2D eigenvalue weighted by Crippen LogP contribution is 1.85. The smallest absolute Gasteiger partial charge is 0.270 e. The van der Waals surface area contributed by atoms with E-state index in [9.17, 15) is 9.59 Å². The van der Waals surface area contributed by atoms with Gasteiger partial charge in [0.15, 0.2) is 0 Å². The minimum Gasteiger partial charge on any atom is -0.366 e. The van der Waals surface area contributed by atoms with E-state index in [0.29, 0.717) is 0 Å². The average molecular weight is 158 g/mol. The lowest BCUT2D eigenvalue weighted by Crippen LogP contribution is -2.23. The van der Waals surface area contributed by atoms with Crippen molar-refractivity contribution in [1.29, 1.82) is 0 Å². The number of hydrogen-bond acceptors (Lipinski definition) is 3. The molecule has 0 rings (SSSR count). The molecular weight excluding hydrogens is 148 g/mol. The van der Waals surface area contributed by atoms with E-state index in [1.807, 2.05) is 0 Å². The van der Waals surface area contributed by atoms with Crippen LogP contribution >= 0.6 is 0 Å². The topological polar surface area (TPSA) is 72.6 Å². The zero-order valence-corrected chi connectivity index (χ0v) is 6.40. The van der Waals surface area contributed by atoms with Crippen molar-refractivity contribution in [2.24, 2.45) is 5.73 Å². The Hall–Kier alpha value is -1.36. The number of carbonyl (C=O) groups excluding carboxylic acids is 2. The van der Waals surface area contributed by atoms with E-state index in [0.717, 1.165) is 17.2 Å². The van der Waals surface area contributed by atoms with Crippen molar-refractivity contribution in [3.05, 3.63) is 12.2 Å². The molecule has 0 atom stereocenters. The normalized spacial score (nSPS) is 10.0. The second-order valence-corrected chi connectivity index (χ2v) is 1.75. The van der Waals surface area contributed by atoms with Gasteiger partial charge in [0.1, 0.15) is 0 Å². The van der Waals surface area contributed by atoms with Crippen LogP contribution in [0.25, 0.3) is 0 Å². The molecule has 0 spiro atoms. The summed E-state index contributed by atoms with van der Waals surface area (Å²) in [5.74, 6) is -1.10. The highest BCUT2D eigenvalue weighted by Gasteiger charge is 2.01. The van der Waals surface area contributed by atoms with Gasteiger partial charge in [-0.3, -0.25) is 14.4 Å². The molecule has 2 amide bonds. The third-order valence-corrected chi connectivity index (χ3v) is 0.974. The number of hydroxylamine groups is 2. The Morgan fingerprint density at radius 1 is 1.45 bits per heavy atom. The third kappa shape index (κ3) is 4.10. The van der Waals surface area contributed by atoms with Gasteiger partial charge in [-0.05, 0) is 0 Å². The predicted octanol–water partition coefficient (Wildman–Crippen LogP) is -0.952. The molecule has 0 aromatic heterocycles. The lowest BCUT2D eigenvalue weighted by atomic mass is 10.4. The summed E-state index contributed by atoms with van der Waals surface area (Å²) in [6, 6.07) is 0. The molecule has 62 valence electrons. The van der Waals surface area contributed by atoms with Crippen LogP contribution in [0.2, 0.25) is 0 Å². The molecule has 0 unspecified atom stereocenters. The SMILES string of the molecule is CON(C)C(=O)/C=C/C(N)=O. The van der Waals surface area contributed by atoms with Gasteiger partial charge in [-0.25, -0.2) is 5.06 Å². The maximum atomic E-state index is 10.8. The second-order valence-electron chi connectivity index (χ2n) is 1.75. The summed E-state index contributed by atoms with van der Waals surface area (Å²) in [7, 11) is 2.77.